The number of carbonyl (C=O) groups excluding carboxylic acids is 2. The molecule has 166 valence electrons. The third-order valence-corrected chi connectivity index (χ3v) is 6.65. The summed E-state index contributed by atoms with van der Waals surface area (Å²) in [6.45, 7) is 0. The Kier molecular flexibility index (Phi) is 5.35. The van der Waals surface area contributed by atoms with Crippen LogP contribution in [0.3, 0.4) is 0 Å². The molecule has 3 aromatic carbocycles. The molecule has 0 spiro atoms. The smallest absolute Gasteiger partial charge is 0.269 e. The first kappa shape index (κ1) is 21.2. The zero-order valence-corrected chi connectivity index (χ0v) is 18.3. The first-order valence-corrected chi connectivity index (χ1v) is 11.5. The highest BCUT2D eigenvalue weighted by Gasteiger charge is 2.60. The van der Waals surface area contributed by atoms with Crippen molar-refractivity contribution in [2.24, 2.45) is 5.92 Å². The Morgan fingerprint density at radius 2 is 1.55 bits per heavy atom. The van der Waals surface area contributed by atoms with E-state index in [1.54, 1.807) is 16.8 Å². The van der Waals surface area contributed by atoms with E-state index in [9.17, 15) is 19.7 Å². The summed E-state index contributed by atoms with van der Waals surface area (Å²) in [5.74, 6) is -1.63. The van der Waals surface area contributed by atoms with Crippen LogP contribution in [0.5, 0.6) is 0 Å². The van der Waals surface area contributed by atoms with Gasteiger partial charge in [-0.2, -0.15) is 0 Å². The maximum atomic E-state index is 13.6. The number of thioether (sulfide) groups is 1. The van der Waals surface area contributed by atoms with Crippen molar-refractivity contribution in [3.63, 3.8) is 0 Å². The van der Waals surface area contributed by atoms with E-state index >= 15 is 0 Å². The van der Waals surface area contributed by atoms with Gasteiger partial charge in [-0.15, -0.1) is 11.8 Å². The molecular weight excluding hydrogens is 442 g/mol. The van der Waals surface area contributed by atoms with Gasteiger partial charge in [-0.25, -0.2) is 9.96 Å². The summed E-state index contributed by atoms with van der Waals surface area (Å²) < 4.78 is 0. The molecule has 8 nitrogen and oxygen atoms in total. The third kappa shape index (κ3) is 3.55. The van der Waals surface area contributed by atoms with Gasteiger partial charge < -0.3 is 0 Å². The molecule has 0 bridgehead atoms. The molecule has 5 rings (SSSR count). The van der Waals surface area contributed by atoms with Crippen LogP contribution in [0.1, 0.15) is 11.6 Å². The molecule has 0 aromatic heterocycles. The summed E-state index contributed by atoms with van der Waals surface area (Å²) in [5, 5.41) is 12.6. The number of hydroxylamine groups is 1. The Morgan fingerprint density at radius 3 is 2.15 bits per heavy atom. The maximum Gasteiger partial charge on any atom is 0.269 e. The van der Waals surface area contributed by atoms with Gasteiger partial charge in [0.2, 0.25) is 5.91 Å². The number of carbonyl (C=O) groups is 2. The van der Waals surface area contributed by atoms with Crippen molar-refractivity contribution >= 4 is 40.6 Å². The molecule has 2 aliphatic rings. The van der Waals surface area contributed by atoms with Crippen LogP contribution in [-0.4, -0.2) is 29.1 Å². The predicted octanol–water partition coefficient (Wildman–Crippen LogP) is 4.37. The Bertz CT molecular complexity index is 1220. The maximum absolute atomic E-state index is 13.6. The Hall–Kier alpha value is -3.69. The van der Waals surface area contributed by atoms with Gasteiger partial charge in [0.25, 0.3) is 11.6 Å². The van der Waals surface area contributed by atoms with E-state index in [1.807, 2.05) is 60.9 Å². The van der Waals surface area contributed by atoms with E-state index in [0.29, 0.717) is 0 Å². The SMILES string of the molecule is CSc1ccc([C@@H]2[C@@H]3C(=O)N(c4ccc([N+](=O)[O-])cc4)C(=O)[C@H]3ON2c2ccccc2)cc1. The Morgan fingerprint density at radius 1 is 0.879 bits per heavy atom. The van der Waals surface area contributed by atoms with Crippen LogP contribution in [0.15, 0.2) is 83.8 Å². The van der Waals surface area contributed by atoms with Crippen molar-refractivity contribution in [2.75, 3.05) is 16.2 Å². The third-order valence-electron chi connectivity index (χ3n) is 5.90. The number of nitro groups is 1. The molecular formula is C24H19N3O5S. The predicted molar refractivity (Wildman–Crippen MR) is 124 cm³/mol. The largest absolute Gasteiger partial charge is 0.273 e. The molecule has 2 fully saturated rings. The van der Waals surface area contributed by atoms with E-state index in [-0.39, 0.29) is 11.4 Å². The van der Waals surface area contributed by atoms with Crippen LogP contribution in [0.25, 0.3) is 0 Å². The van der Waals surface area contributed by atoms with Gasteiger partial charge in [-0.1, -0.05) is 30.3 Å². The van der Waals surface area contributed by atoms with Crippen molar-refractivity contribution < 1.29 is 19.3 Å². The number of rotatable bonds is 5. The first-order valence-electron chi connectivity index (χ1n) is 10.3. The van der Waals surface area contributed by atoms with Crippen molar-refractivity contribution in [3.05, 3.63) is 94.5 Å². The lowest BCUT2D eigenvalue weighted by molar-refractivity contribution is -0.384. The zero-order chi connectivity index (χ0) is 23.1. The lowest BCUT2D eigenvalue weighted by Gasteiger charge is -2.28. The van der Waals surface area contributed by atoms with Crippen LogP contribution in [0.2, 0.25) is 0 Å². The van der Waals surface area contributed by atoms with Gasteiger partial charge in [0.05, 0.1) is 22.3 Å². The highest BCUT2D eigenvalue weighted by Crippen LogP contribution is 2.47. The molecule has 0 saturated carbocycles. The molecule has 2 amide bonds. The number of nitro benzene ring substituents is 1. The number of hydrogen-bond donors (Lipinski definition) is 0. The monoisotopic (exact) mass is 461 g/mol. The van der Waals surface area contributed by atoms with Crippen LogP contribution >= 0.6 is 11.8 Å². The average Bonchev–Trinajstić information content (AvgIpc) is 3.35. The molecule has 3 aromatic rings. The Labute approximate surface area is 193 Å². The first-order chi connectivity index (χ1) is 16.0. The number of benzene rings is 3. The lowest BCUT2D eigenvalue weighted by Crippen LogP contribution is -2.37. The van der Waals surface area contributed by atoms with Crippen LogP contribution in [0.4, 0.5) is 17.1 Å². The number of hydrogen-bond acceptors (Lipinski definition) is 7. The quantitative estimate of drug-likeness (QED) is 0.241. The van der Waals surface area contributed by atoms with Crippen LogP contribution < -0.4 is 9.96 Å². The number of amides is 2. The van der Waals surface area contributed by atoms with Gasteiger partial charge in [0, 0.05) is 17.0 Å². The van der Waals surface area contributed by atoms with E-state index in [2.05, 4.69) is 0 Å². The minimum Gasteiger partial charge on any atom is -0.273 e. The van der Waals surface area contributed by atoms with Gasteiger partial charge in [0.1, 0.15) is 5.92 Å². The summed E-state index contributed by atoms with van der Waals surface area (Å²) in [7, 11) is 0. The van der Waals surface area contributed by atoms with Crippen LogP contribution in [0, 0.1) is 16.0 Å². The fraction of sp³-hybridized carbons (Fsp3) is 0.167. The van der Waals surface area contributed by atoms with E-state index in [0.717, 1.165) is 21.0 Å². The molecule has 2 aliphatic heterocycles. The Balaban J connectivity index is 1.54. The van der Waals surface area contributed by atoms with Gasteiger partial charge in [-0.3, -0.25) is 24.5 Å². The average molecular weight is 461 g/mol. The molecule has 2 heterocycles. The minimum atomic E-state index is -0.988. The second-order valence-corrected chi connectivity index (χ2v) is 8.60. The fourth-order valence-corrected chi connectivity index (χ4v) is 4.74. The van der Waals surface area contributed by atoms with Gasteiger partial charge in [0.15, 0.2) is 6.10 Å². The minimum absolute atomic E-state index is 0.115. The summed E-state index contributed by atoms with van der Waals surface area (Å²) in [6.07, 6.45) is 0.999. The number of nitrogens with zero attached hydrogens (tertiary/aromatic N) is 3. The van der Waals surface area contributed by atoms with Crippen molar-refractivity contribution in [1.29, 1.82) is 0 Å². The number of fused-ring (bicyclic) bond motifs is 1. The molecule has 33 heavy (non-hydrogen) atoms. The van der Waals surface area contributed by atoms with Crippen molar-refractivity contribution in [2.45, 2.75) is 17.0 Å². The summed E-state index contributed by atoms with van der Waals surface area (Å²) >= 11 is 1.62. The zero-order valence-electron chi connectivity index (χ0n) is 17.5. The normalized spacial score (nSPS) is 22.0. The lowest BCUT2D eigenvalue weighted by atomic mass is 9.90. The van der Waals surface area contributed by atoms with E-state index < -0.39 is 34.8 Å². The van der Waals surface area contributed by atoms with Gasteiger partial charge in [-0.05, 0) is 48.2 Å². The van der Waals surface area contributed by atoms with E-state index in [1.165, 1.54) is 24.3 Å². The number of anilines is 2. The highest BCUT2D eigenvalue weighted by molar-refractivity contribution is 7.98. The standard InChI is InChI=1S/C24H19N3O5S/c1-33-19-13-7-15(8-14-19)21-20-22(32-26(21)17-5-3-2-4-6-17)24(29)25(23(20)28)16-9-11-18(12-10-16)27(30)31/h2-14,20-22H,1H3/t20-,21+,22-/m0/s1. The topological polar surface area (TPSA) is 93.0 Å². The second-order valence-electron chi connectivity index (χ2n) is 7.72. The summed E-state index contributed by atoms with van der Waals surface area (Å²) in [6, 6.07) is 22.1. The number of para-hydroxylation sites is 1. The van der Waals surface area contributed by atoms with Gasteiger partial charge >= 0.3 is 0 Å². The molecule has 0 aliphatic carbocycles. The summed E-state index contributed by atoms with van der Waals surface area (Å²) in [4.78, 5) is 45.5. The highest BCUT2D eigenvalue weighted by atomic mass is 32.2. The number of imide groups is 1. The van der Waals surface area contributed by atoms with Crippen LogP contribution in [-0.2, 0) is 14.4 Å². The molecule has 2 saturated heterocycles. The molecule has 0 radical (unpaired) electrons. The fourth-order valence-electron chi connectivity index (χ4n) is 4.33. The van der Waals surface area contributed by atoms with Crippen molar-refractivity contribution in [3.8, 4) is 0 Å². The van der Waals surface area contributed by atoms with E-state index in [4.69, 9.17) is 4.84 Å². The second kappa shape index (κ2) is 8.34. The summed E-state index contributed by atoms with van der Waals surface area (Å²) in [5.41, 5.74) is 1.77. The molecule has 3 atom stereocenters. The number of non-ortho nitro benzene ring substituents is 1. The molecule has 0 unspecified atom stereocenters. The molecule has 0 N–H and O–H groups in total. The molecule has 9 heteroatoms. The van der Waals surface area contributed by atoms with Crippen molar-refractivity contribution in [1.82, 2.24) is 0 Å².